The number of thiazole rings is 1. The fraction of sp³-hybridized carbons (Fsp3) is 0.485. The second kappa shape index (κ2) is 35.8. The lowest BCUT2D eigenvalue weighted by Gasteiger charge is -2.27. The van der Waals surface area contributed by atoms with Gasteiger partial charge in [0.05, 0.1) is 74.0 Å². The van der Waals surface area contributed by atoms with Crippen molar-refractivity contribution in [3.05, 3.63) is 122 Å². The van der Waals surface area contributed by atoms with E-state index in [-0.39, 0.29) is 41.7 Å². The molecule has 1 aromatic heterocycles. The highest BCUT2D eigenvalue weighted by Crippen LogP contribution is 2.35. The zero-order valence-corrected chi connectivity index (χ0v) is 49.7. The zero-order valence-electron chi connectivity index (χ0n) is 48.8. The third kappa shape index (κ3) is 22.0. The van der Waals surface area contributed by atoms with Gasteiger partial charge in [-0.15, -0.1) is 0 Å². The van der Waals surface area contributed by atoms with Crippen LogP contribution in [0.25, 0.3) is 10.2 Å². The number of fused-ring (bicyclic) bond motifs is 1. The Labute approximate surface area is 498 Å². The van der Waals surface area contributed by atoms with Crippen LogP contribution in [-0.4, -0.2) is 80.8 Å². The van der Waals surface area contributed by atoms with E-state index in [1.165, 1.54) is 12.2 Å². The smallest absolute Gasteiger partial charge is 0.330 e. The van der Waals surface area contributed by atoms with Gasteiger partial charge in [0.25, 0.3) is 0 Å². The first kappa shape index (κ1) is 64.3. The molecular weight excluding hydrogens is 1090 g/mol. The quantitative estimate of drug-likeness (QED) is 0.00694. The van der Waals surface area contributed by atoms with Crippen molar-refractivity contribution in [3.8, 4) is 34.5 Å². The average molecular weight is 1170 g/mol. The maximum Gasteiger partial charge on any atom is 0.330 e. The van der Waals surface area contributed by atoms with E-state index in [0.29, 0.717) is 99.6 Å². The van der Waals surface area contributed by atoms with Crippen LogP contribution in [0.4, 0.5) is 5.13 Å². The molecule has 0 saturated heterocycles. The van der Waals surface area contributed by atoms with Crippen LogP contribution in [0.3, 0.4) is 0 Å². The first-order valence-electron chi connectivity index (χ1n) is 30.0. The standard InChI is InChI=1S/C66H83N3O14S/c1-5-8-19-48(4)69(66-68-59-20-13-14-21-61(59)84-66)67-45-53-44-58(81-65(73)52-28-22-49(23-29-52)46-78-82-57-36-32-55(33-37-57)75-41-16-10-12-18-43-77-63(71)7-3)38-39-60(53)83-79-47-50-24-26-51(27-25-50)64(72)80-56-34-30-54(31-35-56)74-40-15-9-11-17-42-76-62(70)6-2/h6-7,13-14,20-21,30-39,44-45,48-52H,2-3,5,8-12,15-19,22-29,40-43,46-47H2,1,4H3/b67-45+. The Kier molecular flexibility index (Phi) is 27.4. The van der Waals surface area contributed by atoms with E-state index >= 15 is 0 Å². The van der Waals surface area contributed by atoms with Crippen molar-refractivity contribution in [2.45, 2.75) is 142 Å². The van der Waals surface area contributed by atoms with Crippen LogP contribution in [0.1, 0.15) is 141 Å². The lowest BCUT2D eigenvalue weighted by atomic mass is 9.82. The van der Waals surface area contributed by atoms with Crippen LogP contribution in [0.2, 0.25) is 0 Å². The van der Waals surface area contributed by atoms with Crippen LogP contribution in [-0.2, 0) is 38.4 Å². The molecule has 0 radical (unpaired) electrons. The highest BCUT2D eigenvalue weighted by molar-refractivity contribution is 7.22. The Morgan fingerprint density at radius 2 is 1.11 bits per heavy atom. The van der Waals surface area contributed by atoms with Gasteiger partial charge in [0, 0.05) is 17.7 Å². The highest BCUT2D eigenvalue weighted by atomic mass is 32.1. The Morgan fingerprint density at radius 3 is 1.65 bits per heavy atom. The van der Waals surface area contributed by atoms with E-state index in [1.54, 1.807) is 60.0 Å². The van der Waals surface area contributed by atoms with Crippen molar-refractivity contribution in [2.75, 3.05) is 44.7 Å². The summed E-state index contributed by atoms with van der Waals surface area (Å²) in [7, 11) is 0. The molecule has 2 fully saturated rings. The van der Waals surface area contributed by atoms with Gasteiger partial charge in [-0.1, -0.05) is 56.4 Å². The topological polar surface area (TPSA) is 189 Å². The maximum absolute atomic E-state index is 13.7. The lowest BCUT2D eigenvalue weighted by Crippen LogP contribution is -2.28. The van der Waals surface area contributed by atoms with Crippen LogP contribution >= 0.6 is 11.3 Å². The van der Waals surface area contributed by atoms with E-state index < -0.39 is 11.9 Å². The molecule has 84 heavy (non-hydrogen) atoms. The summed E-state index contributed by atoms with van der Waals surface area (Å²) in [5, 5.41) is 7.77. The largest absolute Gasteiger partial charge is 0.494 e. The first-order valence-corrected chi connectivity index (χ1v) is 30.8. The van der Waals surface area contributed by atoms with E-state index in [9.17, 15) is 19.2 Å². The zero-order chi connectivity index (χ0) is 59.1. The SMILES string of the molecule is C=CC(=O)OCCCCCCOc1ccc(OOCC2CCC(C(=O)Oc3ccc(OOCC4CCC(C(=O)Oc5ccc(OCCCCCCOC(=O)C=C)cc5)CC4)c(/C=N/N(c4nc5ccccc5s4)C(C)CCCC)c3)CC2)cc1. The summed E-state index contributed by atoms with van der Waals surface area (Å²) in [6.45, 7) is 13.8. The van der Waals surface area contributed by atoms with E-state index in [4.69, 9.17) is 58.1 Å². The number of hydrogen-bond acceptors (Lipinski definition) is 18. The molecule has 2 aliphatic carbocycles. The van der Waals surface area contributed by atoms with E-state index in [1.807, 2.05) is 47.5 Å². The number of esters is 4. The van der Waals surface area contributed by atoms with Gasteiger partial charge in [0.1, 0.15) is 23.0 Å². The molecule has 0 bridgehead atoms. The van der Waals surface area contributed by atoms with Crippen LogP contribution in [0, 0.1) is 23.7 Å². The molecule has 4 aromatic carbocycles. The summed E-state index contributed by atoms with van der Waals surface area (Å²) in [6, 6.07) is 27.7. The van der Waals surface area contributed by atoms with Gasteiger partial charge in [-0.05, 0) is 207 Å². The van der Waals surface area contributed by atoms with E-state index in [2.05, 4.69) is 33.1 Å². The third-order valence-corrected chi connectivity index (χ3v) is 16.0. The maximum atomic E-state index is 13.7. The number of carbonyl (C=O) groups is 4. The minimum atomic E-state index is -0.399. The number of nitrogens with zero attached hydrogens (tertiary/aromatic N) is 3. The van der Waals surface area contributed by atoms with Gasteiger partial charge >= 0.3 is 23.9 Å². The molecule has 1 unspecified atom stereocenters. The van der Waals surface area contributed by atoms with Crippen molar-refractivity contribution >= 4 is 56.8 Å². The van der Waals surface area contributed by atoms with Gasteiger partial charge in [0.15, 0.2) is 11.5 Å². The van der Waals surface area contributed by atoms with Crippen molar-refractivity contribution in [2.24, 2.45) is 28.8 Å². The summed E-state index contributed by atoms with van der Waals surface area (Å²) >= 11 is 1.58. The second-order valence-corrected chi connectivity index (χ2v) is 22.5. The fourth-order valence-corrected chi connectivity index (χ4v) is 10.9. The number of unbranched alkanes of at least 4 members (excludes halogenated alkanes) is 7. The Bertz CT molecular complexity index is 2810. The molecule has 0 spiro atoms. The number of anilines is 1. The minimum Gasteiger partial charge on any atom is -0.494 e. The van der Waals surface area contributed by atoms with Crippen molar-refractivity contribution in [3.63, 3.8) is 0 Å². The number of hydrazone groups is 1. The van der Waals surface area contributed by atoms with Gasteiger partial charge in [-0.3, -0.25) is 9.59 Å². The Balaban J connectivity index is 0.867. The molecule has 452 valence electrons. The predicted octanol–water partition coefficient (Wildman–Crippen LogP) is 14.5. The Hall–Kier alpha value is -7.28. The molecule has 2 saturated carbocycles. The molecule has 1 atom stereocenters. The molecule has 1 heterocycles. The van der Waals surface area contributed by atoms with Crippen LogP contribution in [0.15, 0.2) is 121 Å². The summed E-state index contributed by atoms with van der Waals surface area (Å²) < 4.78 is 34.7. The van der Waals surface area contributed by atoms with Gasteiger partial charge in [0.2, 0.25) is 5.13 Å². The van der Waals surface area contributed by atoms with Crippen molar-refractivity contribution in [1.29, 1.82) is 0 Å². The molecule has 0 aliphatic heterocycles. The van der Waals surface area contributed by atoms with Gasteiger partial charge in [-0.25, -0.2) is 19.6 Å². The number of rotatable bonds is 37. The summed E-state index contributed by atoms with van der Waals surface area (Å²) in [6.07, 6.45) is 20.0. The monoisotopic (exact) mass is 1170 g/mol. The summed E-state index contributed by atoms with van der Waals surface area (Å²) in [5.41, 5.74) is 1.47. The number of para-hydroxylation sites is 1. The normalized spacial score (nSPS) is 17.2. The fourth-order valence-electron chi connectivity index (χ4n) is 9.90. The molecule has 0 N–H and O–H groups in total. The number of ether oxygens (including phenoxy) is 6. The second-order valence-electron chi connectivity index (χ2n) is 21.5. The predicted molar refractivity (Wildman–Crippen MR) is 324 cm³/mol. The summed E-state index contributed by atoms with van der Waals surface area (Å²) in [4.78, 5) is 77.5. The molecule has 18 heteroatoms. The first-order chi connectivity index (χ1) is 41.1. The minimum absolute atomic E-state index is 0.0409. The average Bonchev–Trinajstić information content (AvgIpc) is 4.19. The molecular formula is C66H83N3O14S. The lowest BCUT2D eigenvalue weighted by molar-refractivity contribution is -0.218. The molecule has 0 amide bonds. The van der Waals surface area contributed by atoms with Crippen LogP contribution < -0.4 is 33.7 Å². The molecule has 17 nitrogen and oxygen atoms in total. The Morgan fingerprint density at radius 1 is 0.607 bits per heavy atom. The van der Waals surface area contributed by atoms with E-state index in [0.717, 1.165) is 117 Å². The number of carbonyl (C=O) groups excluding carboxylic acids is 4. The third-order valence-electron chi connectivity index (χ3n) is 15.0. The molecule has 2 aliphatic rings. The molecule has 5 aromatic rings. The summed E-state index contributed by atoms with van der Waals surface area (Å²) in [5.74, 6) is 1.86. The number of benzene rings is 4. The number of aromatic nitrogens is 1. The van der Waals surface area contributed by atoms with Gasteiger partial charge < -0.3 is 38.2 Å². The van der Waals surface area contributed by atoms with Crippen molar-refractivity contribution in [1.82, 2.24) is 4.98 Å². The number of hydrogen-bond donors (Lipinski definition) is 0. The van der Waals surface area contributed by atoms with Crippen LogP contribution in [0.5, 0.6) is 34.5 Å². The highest BCUT2D eigenvalue weighted by Gasteiger charge is 2.30. The van der Waals surface area contributed by atoms with Gasteiger partial charge in [-0.2, -0.15) is 14.9 Å². The molecule has 7 rings (SSSR count). The van der Waals surface area contributed by atoms with Crippen molar-refractivity contribution < 1.29 is 67.1 Å².